The van der Waals surface area contributed by atoms with E-state index in [1.54, 1.807) is 23.1 Å². The second kappa shape index (κ2) is 7.83. The summed E-state index contributed by atoms with van der Waals surface area (Å²) in [4.78, 5) is 26.1. The van der Waals surface area contributed by atoms with Crippen LogP contribution in [-0.4, -0.2) is 63.8 Å². The molecular weight excluding hydrogens is 387 g/mol. The lowest BCUT2D eigenvalue weighted by molar-refractivity contribution is 0.0725. The van der Waals surface area contributed by atoms with Gasteiger partial charge in [-0.25, -0.2) is 14.4 Å². The van der Waals surface area contributed by atoms with Crippen molar-refractivity contribution in [3.63, 3.8) is 0 Å². The maximum atomic E-state index is 13.1. The van der Waals surface area contributed by atoms with E-state index in [4.69, 9.17) is 9.72 Å². The van der Waals surface area contributed by atoms with Crippen molar-refractivity contribution < 1.29 is 13.9 Å². The van der Waals surface area contributed by atoms with Crippen LogP contribution in [0, 0.1) is 5.82 Å². The van der Waals surface area contributed by atoms with E-state index in [2.05, 4.69) is 20.1 Å². The van der Waals surface area contributed by atoms with Gasteiger partial charge >= 0.3 is 0 Å². The van der Waals surface area contributed by atoms with Crippen molar-refractivity contribution in [3.05, 3.63) is 59.3 Å². The molecule has 2 aliphatic rings. The molecule has 30 heavy (non-hydrogen) atoms. The van der Waals surface area contributed by atoms with E-state index in [0.29, 0.717) is 50.1 Å². The van der Waals surface area contributed by atoms with Crippen LogP contribution in [0.25, 0.3) is 11.3 Å². The second-order valence-corrected chi connectivity index (χ2v) is 7.39. The minimum Gasteiger partial charge on any atom is -0.378 e. The van der Waals surface area contributed by atoms with Crippen molar-refractivity contribution in [2.24, 2.45) is 0 Å². The highest BCUT2D eigenvalue weighted by Gasteiger charge is 2.26. The average Bonchev–Trinajstić information content (AvgIpc) is 3.29. The van der Waals surface area contributed by atoms with Crippen LogP contribution in [0.4, 0.5) is 10.3 Å². The van der Waals surface area contributed by atoms with Gasteiger partial charge in [-0.3, -0.25) is 9.89 Å². The summed E-state index contributed by atoms with van der Waals surface area (Å²) in [6, 6.07) is 7.73. The van der Waals surface area contributed by atoms with Gasteiger partial charge < -0.3 is 14.5 Å². The topological polar surface area (TPSA) is 87.2 Å². The Kier molecular flexibility index (Phi) is 4.88. The van der Waals surface area contributed by atoms with Crippen LogP contribution in [0.1, 0.15) is 21.7 Å². The zero-order chi connectivity index (χ0) is 20.5. The van der Waals surface area contributed by atoms with E-state index in [0.717, 1.165) is 29.9 Å². The van der Waals surface area contributed by atoms with Crippen LogP contribution in [0.2, 0.25) is 0 Å². The molecule has 5 rings (SSSR count). The number of aromatic nitrogens is 4. The van der Waals surface area contributed by atoms with E-state index >= 15 is 0 Å². The smallest absolute Gasteiger partial charge is 0.272 e. The van der Waals surface area contributed by atoms with Crippen LogP contribution < -0.4 is 4.90 Å². The van der Waals surface area contributed by atoms with Gasteiger partial charge in [-0.1, -0.05) is 0 Å². The number of morpholine rings is 1. The lowest BCUT2D eigenvalue weighted by Crippen LogP contribution is -2.39. The number of rotatable bonds is 3. The zero-order valence-corrected chi connectivity index (χ0v) is 16.3. The molecule has 1 aromatic carbocycles. The van der Waals surface area contributed by atoms with Crippen LogP contribution in [0.3, 0.4) is 0 Å². The fourth-order valence-corrected chi connectivity index (χ4v) is 3.75. The standard InChI is InChI=1S/C21H21FN6O2/c22-16-3-1-14(2-4-16)17-11-18(26-25-17)20(29)28-6-5-15-12-23-21(24-19(15)13-28)27-7-9-30-10-8-27/h1-4,11-12H,5-10,13H2,(H,25,26). The van der Waals surface area contributed by atoms with E-state index in [9.17, 15) is 9.18 Å². The molecule has 154 valence electrons. The molecule has 8 nitrogen and oxygen atoms in total. The number of nitrogens with zero attached hydrogens (tertiary/aromatic N) is 5. The molecule has 2 aliphatic heterocycles. The number of amides is 1. The summed E-state index contributed by atoms with van der Waals surface area (Å²) in [5.74, 6) is 0.246. The van der Waals surface area contributed by atoms with Crippen molar-refractivity contribution in [1.82, 2.24) is 25.1 Å². The fraction of sp³-hybridized carbons (Fsp3) is 0.333. The zero-order valence-electron chi connectivity index (χ0n) is 16.3. The third-order valence-electron chi connectivity index (χ3n) is 5.46. The predicted molar refractivity (Wildman–Crippen MR) is 107 cm³/mol. The van der Waals surface area contributed by atoms with Crippen LogP contribution in [-0.2, 0) is 17.7 Å². The largest absolute Gasteiger partial charge is 0.378 e. The minimum atomic E-state index is -0.309. The van der Waals surface area contributed by atoms with Gasteiger partial charge in [0, 0.05) is 31.4 Å². The molecule has 0 unspecified atom stereocenters. The predicted octanol–water partition coefficient (Wildman–Crippen LogP) is 2.04. The van der Waals surface area contributed by atoms with Gasteiger partial charge in [0.15, 0.2) is 0 Å². The Morgan fingerprint density at radius 2 is 1.93 bits per heavy atom. The Labute approximate surface area is 172 Å². The normalized spacial score (nSPS) is 16.4. The molecule has 0 aliphatic carbocycles. The number of carbonyl (C=O) groups is 1. The molecule has 0 spiro atoms. The first-order valence-electron chi connectivity index (χ1n) is 9.95. The van der Waals surface area contributed by atoms with Crippen molar-refractivity contribution in [3.8, 4) is 11.3 Å². The summed E-state index contributed by atoms with van der Waals surface area (Å²) in [7, 11) is 0. The molecule has 1 N–H and O–H groups in total. The number of fused-ring (bicyclic) bond motifs is 1. The van der Waals surface area contributed by atoms with Crippen molar-refractivity contribution in [2.75, 3.05) is 37.7 Å². The number of H-pyrrole nitrogens is 1. The number of nitrogens with one attached hydrogen (secondary N) is 1. The number of halogens is 1. The highest BCUT2D eigenvalue weighted by molar-refractivity contribution is 5.93. The Hall–Kier alpha value is -3.33. The quantitative estimate of drug-likeness (QED) is 0.714. The lowest BCUT2D eigenvalue weighted by atomic mass is 10.1. The first-order valence-corrected chi connectivity index (χ1v) is 9.95. The molecule has 1 amide bonds. The Balaban J connectivity index is 1.33. The minimum absolute atomic E-state index is 0.131. The van der Waals surface area contributed by atoms with Crippen molar-refractivity contribution in [2.45, 2.75) is 13.0 Å². The van der Waals surface area contributed by atoms with E-state index in [1.165, 1.54) is 12.1 Å². The fourth-order valence-electron chi connectivity index (χ4n) is 3.75. The van der Waals surface area contributed by atoms with Crippen molar-refractivity contribution >= 4 is 11.9 Å². The summed E-state index contributed by atoms with van der Waals surface area (Å²) in [5, 5.41) is 7.03. The van der Waals surface area contributed by atoms with Crippen LogP contribution in [0.15, 0.2) is 36.5 Å². The van der Waals surface area contributed by atoms with Gasteiger partial charge in [-0.15, -0.1) is 0 Å². The molecule has 9 heteroatoms. The molecule has 0 saturated carbocycles. The van der Waals surface area contributed by atoms with E-state index in [-0.39, 0.29) is 11.7 Å². The number of hydrogen-bond acceptors (Lipinski definition) is 6. The van der Waals surface area contributed by atoms with E-state index in [1.807, 2.05) is 6.20 Å². The highest BCUT2D eigenvalue weighted by Crippen LogP contribution is 2.23. The summed E-state index contributed by atoms with van der Waals surface area (Å²) in [5.41, 5.74) is 3.71. The Bertz CT molecular complexity index is 1060. The monoisotopic (exact) mass is 408 g/mol. The van der Waals surface area contributed by atoms with Gasteiger partial charge in [0.25, 0.3) is 5.91 Å². The number of aromatic amines is 1. The van der Waals surface area contributed by atoms with Crippen LogP contribution >= 0.6 is 0 Å². The van der Waals surface area contributed by atoms with Crippen LogP contribution in [0.5, 0.6) is 0 Å². The second-order valence-electron chi connectivity index (χ2n) is 7.39. The van der Waals surface area contributed by atoms with Gasteiger partial charge in [0.05, 0.1) is 31.1 Å². The highest BCUT2D eigenvalue weighted by atomic mass is 19.1. The third kappa shape index (κ3) is 3.63. The third-order valence-corrected chi connectivity index (χ3v) is 5.46. The Morgan fingerprint density at radius 1 is 1.13 bits per heavy atom. The first-order chi connectivity index (χ1) is 14.7. The molecule has 4 heterocycles. The maximum absolute atomic E-state index is 13.1. The average molecular weight is 408 g/mol. The molecule has 0 radical (unpaired) electrons. The van der Waals surface area contributed by atoms with E-state index < -0.39 is 0 Å². The SMILES string of the molecule is O=C(c1cc(-c2ccc(F)cc2)n[nH]1)N1CCc2cnc(N3CCOCC3)nc2C1. The number of anilines is 1. The number of hydrogen-bond donors (Lipinski definition) is 1. The summed E-state index contributed by atoms with van der Waals surface area (Å²) in [6.07, 6.45) is 2.58. The maximum Gasteiger partial charge on any atom is 0.272 e. The number of ether oxygens (including phenoxy) is 1. The van der Waals surface area contributed by atoms with Gasteiger partial charge in [0.1, 0.15) is 11.5 Å². The molecule has 1 fully saturated rings. The molecular formula is C21H21FN6O2. The molecule has 0 bridgehead atoms. The first kappa shape index (κ1) is 18.7. The van der Waals surface area contributed by atoms with Gasteiger partial charge in [-0.2, -0.15) is 5.10 Å². The lowest BCUT2D eigenvalue weighted by Gasteiger charge is -2.30. The molecule has 1 saturated heterocycles. The Morgan fingerprint density at radius 3 is 2.73 bits per heavy atom. The molecule has 0 atom stereocenters. The number of benzene rings is 1. The van der Waals surface area contributed by atoms with Crippen molar-refractivity contribution in [1.29, 1.82) is 0 Å². The number of carbonyl (C=O) groups excluding carboxylic acids is 1. The summed E-state index contributed by atoms with van der Waals surface area (Å²) in [6.45, 7) is 3.89. The summed E-state index contributed by atoms with van der Waals surface area (Å²) >= 11 is 0. The van der Waals surface area contributed by atoms with Gasteiger partial charge in [0.2, 0.25) is 5.95 Å². The molecule has 3 aromatic rings. The summed E-state index contributed by atoms with van der Waals surface area (Å²) < 4.78 is 18.5. The molecule has 2 aromatic heterocycles. The van der Waals surface area contributed by atoms with Gasteiger partial charge in [-0.05, 0) is 42.3 Å².